The number of pyridine rings is 2. The third-order valence-electron chi connectivity index (χ3n) is 9.30. The molecule has 50 heavy (non-hydrogen) atoms. The fourth-order valence-corrected chi connectivity index (χ4v) is 6.45. The minimum atomic E-state index is -0.260. The van der Waals surface area contributed by atoms with E-state index in [1.165, 1.54) is 5.56 Å². The Hall–Kier alpha value is -4.54. The van der Waals surface area contributed by atoms with Crippen LogP contribution in [-0.4, -0.2) is 24.2 Å². The molecular formula is C43H44N5OPt+. The molecule has 0 aliphatic heterocycles. The number of hydrogen-bond donors (Lipinski definition) is 1. The van der Waals surface area contributed by atoms with Crippen LogP contribution in [0.1, 0.15) is 79.0 Å². The zero-order chi connectivity index (χ0) is 34.9. The minimum Gasteiger partial charge on any atom is -0.511 e. The Labute approximate surface area is 309 Å². The van der Waals surface area contributed by atoms with Gasteiger partial charge in [0.1, 0.15) is 11.4 Å². The number of para-hydroxylation sites is 4. The monoisotopic (exact) mass is 841 g/mol. The fourth-order valence-electron chi connectivity index (χ4n) is 6.45. The summed E-state index contributed by atoms with van der Waals surface area (Å²) < 4.78 is 6.16. The molecule has 0 radical (unpaired) electrons. The van der Waals surface area contributed by atoms with Gasteiger partial charge in [0.05, 0.1) is 16.7 Å². The topological polar surface area (TPSA) is 59.8 Å². The van der Waals surface area contributed by atoms with Gasteiger partial charge in [-0.3, -0.25) is 14.1 Å². The third kappa shape index (κ3) is 6.19. The van der Waals surface area contributed by atoms with Crippen molar-refractivity contribution in [3.8, 4) is 34.1 Å². The second kappa shape index (κ2) is 12.7. The van der Waals surface area contributed by atoms with Crippen LogP contribution in [0.15, 0.2) is 97.3 Å². The summed E-state index contributed by atoms with van der Waals surface area (Å²) in [6.45, 7) is 19.7. The van der Waals surface area contributed by atoms with E-state index in [0.29, 0.717) is 5.69 Å². The first kappa shape index (κ1) is 35.3. The molecule has 4 heterocycles. The van der Waals surface area contributed by atoms with Gasteiger partial charge in [0, 0.05) is 18.1 Å². The average molecular weight is 842 g/mol. The Morgan fingerprint density at radius 3 is 2.04 bits per heavy atom. The Kier molecular flexibility index (Phi) is 8.93. The minimum absolute atomic E-state index is 0. The van der Waals surface area contributed by atoms with Crippen LogP contribution < -0.4 is 4.57 Å². The van der Waals surface area contributed by atoms with E-state index in [9.17, 15) is 5.11 Å². The maximum Gasteiger partial charge on any atom is 2.00 e. The number of aromatic hydroxyl groups is 1. The van der Waals surface area contributed by atoms with Crippen molar-refractivity contribution in [1.29, 1.82) is 0 Å². The summed E-state index contributed by atoms with van der Waals surface area (Å²) in [6, 6.07) is 29.1. The van der Waals surface area contributed by atoms with E-state index in [0.717, 1.165) is 55.8 Å². The van der Waals surface area contributed by atoms with Crippen molar-refractivity contribution in [2.45, 2.75) is 78.6 Å². The zero-order valence-electron chi connectivity index (χ0n) is 30.2. The summed E-state index contributed by atoms with van der Waals surface area (Å²) in [6.07, 6.45) is 11.0. The summed E-state index contributed by atoms with van der Waals surface area (Å²) in [5.41, 5.74) is 10.8. The second-order valence-electron chi connectivity index (χ2n) is 16.0. The van der Waals surface area contributed by atoms with Crippen LogP contribution in [-0.2, 0) is 37.3 Å². The molecule has 1 N–H and O–H groups in total. The van der Waals surface area contributed by atoms with E-state index in [1.807, 2.05) is 47.3 Å². The maximum absolute atomic E-state index is 11.9. The molecule has 0 aliphatic rings. The number of rotatable bonds is 4. The molecule has 0 aliphatic carbocycles. The van der Waals surface area contributed by atoms with Crippen molar-refractivity contribution in [1.82, 2.24) is 19.1 Å². The fraction of sp³-hybridized carbons (Fsp3) is 0.279. The van der Waals surface area contributed by atoms with Crippen LogP contribution in [0.5, 0.6) is 5.75 Å². The molecule has 0 amide bonds. The number of imidazole rings is 1. The van der Waals surface area contributed by atoms with Crippen molar-refractivity contribution < 1.29 is 30.7 Å². The predicted molar refractivity (Wildman–Crippen MR) is 198 cm³/mol. The van der Waals surface area contributed by atoms with Gasteiger partial charge in [0.15, 0.2) is 0 Å². The molecule has 7 heteroatoms. The molecule has 0 bridgehead atoms. The van der Waals surface area contributed by atoms with Crippen molar-refractivity contribution >= 4 is 22.1 Å². The van der Waals surface area contributed by atoms with E-state index >= 15 is 0 Å². The number of fused-ring (bicyclic) bond motifs is 2. The zero-order valence-corrected chi connectivity index (χ0v) is 32.5. The van der Waals surface area contributed by atoms with E-state index in [2.05, 4.69) is 139 Å². The van der Waals surface area contributed by atoms with Crippen molar-refractivity contribution in [2.24, 2.45) is 0 Å². The molecule has 0 saturated heterocycles. The molecule has 7 rings (SSSR count). The van der Waals surface area contributed by atoms with Crippen LogP contribution in [0.3, 0.4) is 0 Å². The molecule has 6 nitrogen and oxygen atoms in total. The second-order valence-corrected chi connectivity index (χ2v) is 16.0. The van der Waals surface area contributed by atoms with Gasteiger partial charge in [-0.05, 0) is 68.0 Å². The summed E-state index contributed by atoms with van der Waals surface area (Å²) in [5.74, 6) is 0.267. The maximum atomic E-state index is 11.9. The first-order chi connectivity index (χ1) is 23.1. The van der Waals surface area contributed by atoms with Crippen molar-refractivity contribution in [3.05, 3.63) is 127 Å². The SMILES string of the molecule is CC(C)(C)c1ccnc(-c2[c-]n(-c3ccccc3-[n+]3[c-]n(-c4cc(C(C)(C)C)cc(C(C)(C)C)c4O)c4ccccc43)c3cccnc23)c1.[Pt+2]. The summed E-state index contributed by atoms with van der Waals surface area (Å²) in [4.78, 5) is 9.59. The van der Waals surface area contributed by atoms with Crippen LogP contribution in [0, 0.1) is 12.5 Å². The Bertz CT molecular complexity index is 2360. The average Bonchev–Trinajstić information content (AvgIpc) is 3.63. The van der Waals surface area contributed by atoms with Crippen LogP contribution >= 0.6 is 0 Å². The van der Waals surface area contributed by atoms with Gasteiger partial charge in [0.2, 0.25) is 0 Å². The van der Waals surface area contributed by atoms with E-state index < -0.39 is 0 Å². The molecule has 4 aromatic heterocycles. The van der Waals surface area contributed by atoms with Crippen LogP contribution in [0.4, 0.5) is 0 Å². The number of hydrogen-bond acceptors (Lipinski definition) is 3. The van der Waals surface area contributed by atoms with Gasteiger partial charge in [-0.15, -0.1) is 0 Å². The number of benzene rings is 3. The van der Waals surface area contributed by atoms with Gasteiger partial charge in [-0.1, -0.05) is 141 Å². The quantitative estimate of drug-likeness (QED) is 0.142. The Morgan fingerprint density at radius 2 is 1.32 bits per heavy atom. The van der Waals surface area contributed by atoms with Gasteiger partial charge in [-0.25, -0.2) is 0 Å². The van der Waals surface area contributed by atoms with Crippen molar-refractivity contribution in [3.63, 3.8) is 0 Å². The summed E-state index contributed by atoms with van der Waals surface area (Å²) in [7, 11) is 0. The normalized spacial score (nSPS) is 12.4. The molecule has 256 valence electrons. The van der Waals surface area contributed by atoms with Gasteiger partial charge < -0.3 is 14.7 Å². The number of phenolic OH excluding ortho intramolecular Hbond substituents is 1. The van der Waals surface area contributed by atoms with E-state index in [4.69, 9.17) is 9.97 Å². The first-order valence-electron chi connectivity index (χ1n) is 16.9. The Morgan fingerprint density at radius 1 is 0.640 bits per heavy atom. The van der Waals surface area contributed by atoms with E-state index in [1.54, 1.807) is 0 Å². The molecule has 3 aromatic carbocycles. The number of aromatic nitrogens is 5. The van der Waals surface area contributed by atoms with Gasteiger partial charge >= 0.3 is 21.1 Å². The van der Waals surface area contributed by atoms with Gasteiger partial charge in [0.25, 0.3) is 6.33 Å². The summed E-state index contributed by atoms with van der Waals surface area (Å²) in [5, 5.41) is 11.9. The van der Waals surface area contributed by atoms with Crippen molar-refractivity contribution in [2.75, 3.05) is 0 Å². The first-order valence-corrected chi connectivity index (χ1v) is 16.9. The molecule has 0 atom stereocenters. The standard InChI is InChI=1S/C43H44N5O.Pt/c1-41(2,3)28-20-22-44-32(24-28)30-26-46(37-19-14-21-45-39(30)37)33-15-10-11-16-34(33)47-27-48(36-18-13-12-17-35(36)47)38-25-29(42(4,5)6)23-31(40(38)49)43(7,8)9;/h10-25,49H,1-9H3;/q-1;+2. The molecule has 0 unspecified atom stereocenters. The number of nitrogens with zero attached hydrogens (tertiary/aromatic N) is 5. The molecule has 0 fully saturated rings. The molecule has 7 aromatic rings. The molecule has 0 spiro atoms. The predicted octanol–water partition coefficient (Wildman–Crippen LogP) is 9.50. The summed E-state index contributed by atoms with van der Waals surface area (Å²) >= 11 is 0. The third-order valence-corrected chi connectivity index (χ3v) is 9.30. The van der Waals surface area contributed by atoms with Crippen LogP contribution in [0.2, 0.25) is 0 Å². The van der Waals surface area contributed by atoms with Crippen LogP contribution in [0.25, 0.3) is 50.4 Å². The Balaban J connectivity index is 0.00000432. The molecular weight excluding hydrogens is 798 g/mol. The molecule has 0 saturated carbocycles. The smallest absolute Gasteiger partial charge is 0.511 e. The number of phenols is 1. The van der Waals surface area contributed by atoms with Gasteiger partial charge in [-0.2, -0.15) is 0 Å². The van der Waals surface area contributed by atoms with E-state index in [-0.39, 0.29) is 43.1 Å². The largest absolute Gasteiger partial charge is 2.00 e.